The fraction of sp³-hybridized carbons (Fsp3) is 0. The van der Waals surface area contributed by atoms with Gasteiger partial charge in [-0.05, 0) is 62.0 Å². The molecule has 4 nitrogen and oxygen atoms in total. The molecule has 0 aliphatic heterocycles. The molecule has 0 saturated carbocycles. The largest absolute Gasteiger partial charge is 0.456 e. The van der Waals surface area contributed by atoms with Gasteiger partial charge in [0.05, 0.1) is 0 Å². The second-order valence-corrected chi connectivity index (χ2v) is 12.8. The molecule has 0 aliphatic rings. The molecule has 4 heteroatoms. The van der Waals surface area contributed by atoms with Gasteiger partial charge in [0.2, 0.25) is 0 Å². The van der Waals surface area contributed by atoms with Crippen molar-refractivity contribution in [2.24, 2.45) is 0 Å². The smallest absolute Gasteiger partial charge is 0.164 e. The van der Waals surface area contributed by atoms with Gasteiger partial charge in [-0.1, -0.05) is 158 Å². The third-order valence-corrected chi connectivity index (χ3v) is 9.73. The SMILES string of the molecule is c1ccc(-c2nc(-c3ccc4ccccc4c3)nc(-c3cccc4oc5cccc(-c6ccc(-c7cccc8ccccc78)cc6)c5c34)n2)cc1. The molecule has 0 spiro atoms. The standard InChI is InChI=1S/C47H29N3O/c1-2-13-34(14-3-1)45-48-46(36-28-23-30-11-4-5-15-35(30)29-36)50-47(49-45)40-20-10-22-42-44(40)43-39(19-9-21-41(43)51-42)33-26-24-32(25-27-33)38-18-8-16-31-12-6-7-17-37(31)38/h1-29H. The summed E-state index contributed by atoms with van der Waals surface area (Å²) in [4.78, 5) is 15.3. The molecule has 238 valence electrons. The first-order valence-electron chi connectivity index (χ1n) is 17.1. The fourth-order valence-electron chi connectivity index (χ4n) is 7.27. The average Bonchev–Trinajstić information content (AvgIpc) is 3.60. The Morgan fingerprint density at radius 3 is 1.63 bits per heavy atom. The highest BCUT2D eigenvalue weighted by atomic mass is 16.3. The first-order valence-corrected chi connectivity index (χ1v) is 17.1. The Morgan fingerprint density at radius 2 is 0.843 bits per heavy atom. The Balaban J connectivity index is 1.16. The van der Waals surface area contributed by atoms with Crippen molar-refractivity contribution in [2.75, 3.05) is 0 Å². The molecule has 0 bridgehead atoms. The van der Waals surface area contributed by atoms with Gasteiger partial charge in [-0.3, -0.25) is 0 Å². The summed E-state index contributed by atoms with van der Waals surface area (Å²) in [6.45, 7) is 0. The summed E-state index contributed by atoms with van der Waals surface area (Å²) in [5.41, 5.74) is 8.98. The fourth-order valence-corrected chi connectivity index (χ4v) is 7.27. The van der Waals surface area contributed by atoms with Crippen molar-refractivity contribution in [1.29, 1.82) is 0 Å². The van der Waals surface area contributed by atoms with Gasteiger partial charge < -0.3 is 4.42 Å². The van der Waals surface area contributed by atoms with Crippen LogP contribution in [-0.2, 0) is 0 Å². The van der Waals surface area contributed by atoms with E-state index in [9.17, 15) is 0 Å². The summed E-state index contributed by atoms with van der Waals surface area (Å²) >= 11 is 0. The van der Waals surface area contributed by atoms with Gasteiger partial charge in [0.25, 0.3) is 0 Å². The van der Waals surface area contributed by atoms with Crippen molar-refractivity contribution in [3.63, 3.8) is 0 Å². The molecule has 0 unspecified atom stereocenters. The van der Waals surface area contributed by atoms with E-state index < -0.39 is 0 Å². The highest BCUT2D eigenvalue weighted by molar-refractivity contribution is 6.17. The van der Waals surface area contributed by atoms with Crippen LogP contribution in [0.3, 0.4) is 0 Å². The number of furan rings is 1. The van der Waals surface area contributed by atoms with Crippen LogP contribution in [0.25, 0.3) is 99.9 Å². The second-order valence-electron chi connectivity index (χ2n) is 12.8. The minimum absolute atomic E-state index is 0.599. The van der Waals surface area contributed by atoms with Crippen LogP contribution in [0.1, 0.15) is 0 Å². The molecule has 0 aliphatic carbocycles. The second kappa shape index (κ2) is 11.9. The van der Waals surface area contributed by atoms with E-state index in [2.05, 4.69) is 127 Å². The lowest BCUT2D eigenvalue weighted by Gasteiger charge is -2.11. The van der Waals surface area contributed by atoms with E-state index in [1.54, 1.807) is 0 Å². The molecular weight excluding hydrogens is 623 g/mol. The third-order valence-electron chi connectivity index (χ3n) is 9.73. The van der Waals surface area contributed by atoms with Crippen molar-refractivity contribution < 1.29 is 4.42 Å². The highest BCUT2D eigenvalue weighted by Crippen LogP contribution is 2.42. The normalized spacial score (nSPS) is 11.5. The molecule has 0 fully saturated rings. The predicted molar refractivity (Wildman–Crippen MR) is 209 cm³/mol. The number of hydrogen-bond acceptors (Lipinski definition) is 4. The maximum Gasteiger partial charge on any atom is 0.164 e. The maximum atomic E-state index is 6.52. The number of nitrogens with zero attached hydrogens (tertiary/aromatic N) is 3. The van der Waals surface area contributed by atoms with E-state index in [-0.39, 0.29) is 0 Å². The molecule has 8 aromatic carbocycles. The quantitative estimate of drug-likeness (QED) is 0.186. The monoisotopic (exact) mass is 651 g/mol. The number of hydrogen-bond donors (Lipinski definition) is 0. The summed E-state index contributed by atoms with van der Waals surface area (Å²) < 4.78 is 6.52. The van der Waals surface area contributed by atoms with Gasteiger partial charge in [0, 0.05) is 27.5 Å². The Hall–Kier alpha value is -6.91. The van der Waals surface area contributed by atoms with Gasteiger partial charge in [0.1, 0.15) is 11.2 Å². The van der Waals surface area contributed by atoms with E-state index in [0.717, 1.165) is 55.1 Å². The number of aromatic nitrogens is 3. The van der Waals surface area contributed by atoms with E-state index in [1.165, 1.54) is 27.3 Å². The van der Waals surface area contributed by atoms with E-state index in [1.807, 2.05) is 48.5 Å². The van der Waals surface area contributed by atoms with Crippen LogP contribution in [0.2, 0.25) is 0 Å². The molecule has 0 saturated heterocycles. The Bertz CT molecular complexity index is 2900. The van der Waals surface area contributed by atoms with Gasteiger partial charge in [-0.2, -0.15) is 0 Å². The van der Waals surface area contributed by atoms with Crippen LogP contribution in [0.15, 0.2) is 180 Å². The summed E-state index contributed by atoms with van der Waals surface area (Å²) in [6.07, 6.45) is 0. The lowest BCUT2D eigenvalue weighted by molar-refractivity contribution is 0.669. The number of rotatable bonds is 5. The topological polar surface area (TPSA) is 51.8 Å². The summed E-state index contributed by atoms with van der Waals surface area (Å²) in [5, 5.41) is 6.81. The van der Waals surface area contributed by atoms with Crippen LogP contribution < -0.4 is 0 Å². The minimum atomic E-state index is 0.599. The Kier molecular flexibility index (Phi) is 6.78. The molecule has 51 heavy (non-hydrogen) atoms. The van der Waals surface area contributed by atoms with E-state index in [4.69, 9.17) is 19.4 Å². The van der Waals surface area contributed by atoms with Crippen molar-refractivity contribution in [1.82, 2.24) is 15.0 Å². The Labute approximate surface area is 294 Å². The van der Waals surface area contributed by atoms with Crippen LogP contribution in [0, 0.1) is 0 Å². The van der Waals surface area contributed by atoms with Crippen LogP contribution in [-0.4, -0.2) is 15.0 Å². The molecule has 2 heterocycles. The number of benzene rings is 8. The van der Waals surface area contributed by atoms with Crippen molar-refractivity contribution >= 4 is 43.5 Å². The van der Waals surface area contributed by atoms with Gasteiger partial charge in [0.15, 0.2) is 17.5 Å². The first-order chi connectivity index (χ1) is 25.3. The third kappa shape index (κ3) is 5.04. The van der Waals surface area contributed by atoms with Crippen molar-refractivity contribution in [2.45, 2.75) is 0 Å². The highest BCUT2D eigenvalue weighted by Gasteiger charge is 2.20. The summed E-state index contributed by atoms with van der Waals surface area (Å²) in [7, 11) is 0. The molecule has 0 atom stereocenters. The summed E-state index contributed by atoms with van der Waals surface area (Å²) in [5.74, 6) is 1.85. The van der Waals surface area contributed by atoms with Gasteiger partial charge in [-0.25, -0.2) is 15.0 Å². The molecule has 0 amide bonds. The zero-order valence-electron chi connectivity index (χ0n) is 27.5. The van der Waals surface area contributed by atoms with Crippen molar-refractivity contribution in [3.8, 4) is 56.4 Å². The van der Waals surface area contributed by atoms with Crippen LogP contribution in [0.4, 0.5) is 0 Å². The van der Waals surface area contributed by atoms with Crippen LogP contribution >= 0.6 is 0 Å². The van der Waals surface area contributed by atoms with E-state index in [0.29, 0.717) is 17.5 Å². The molecule has 10 aromatic rings. The molecule has 10 rings (SSSR count). The average molecular weight is 652 g/mol. The predicted octanol–water partition coefficient (Wildman–Crippen LogP) is 12.4. The molecular formula is C47H29N3O. The summed E-state index contributed by atoms with van der Waals surface area (Å²) in [6, 6.07) is 61.1. The maximum absolute atomic E-state index is 6.52. The number of fused-ring (bicyclic) bond motifs is 5. The van der Waals surface area contributed by atoms with Gasteiger partial charge in [-0.15, -0.1) is 0 Å². The van der Waals surface area contributed by atoms with Crippen molar-refractivity contribution in [3.05, 3.63) is 176 Å². The molecule has 0 radical (unpaired) electrons. The zero-order valence-corrected chi connectivity index (χ0v) is 27.5. The first kappa shape index (κ1) is 29.0. The molecule has 0 N–H and O–H groups in total. The lowest BCUT2D eigenvalue weighted by atomic mass is 9.94. The zero-order chi connectivity index (χ0) is 33.7. The minimum Gasteiger partial charge on any atom is -0.456 e. The van der Waals surface area contributed by atoms with Crippen LogP contribution in [0.5, 0.6) is 0 Å². The van der Waals surface area contributed by atoms with Gasteiger partial charge >= 0.3 is 0 Å². The lowest BCUT2D eigenvalue weighted by Crippen LogP contribution is -2.00. The van der Waals surface area contributed by atoms with E-state index >= 15 is 0 Å². The Morgan fingerprint density at radius 1 is 0.314 bits per heavy atom. The molecule has 2 aromatic heterocycles.